The van der Waals surface area contributed by atoms with E-state index in [1.165, 1.54) is 18.2 Å². The predicted octanol–water partition coefficient (Wildman–Crippen LogP) is 2.46. The number of furan rings is 1. The van der Waals surface area contributed by atoms with Gasteiger partial charge < -0.3 is 15.5 Å². The molecule has 0 aliphatic rings. The van der Waals surface area contributed by atoms with Crippen molar-refractivity contribution in [3.63, 3.8) is 0 Å². The lowest BCUT2D eigenvalue weighted by atomic mass is 10.2. The first-order valence-electron chi connectivity index (χ1n) is 6.54. The monoisotopic (exact) mass is 291 g/mol. The molecule has 2 aromatic rings. The van der Waals surface area contributed by atoms with Gasteiger partial charge in [-0.1, -0.05) is 0 Å². The first kappa shape index (κ1) is 15.1. The number of nitrogens with one attached hydrogen (secondary N) is 1. The van der Waals surface area contributed by atoms with Gasteiger partial charge in [0.15, 0.2) is 0 Å². The van der Waals surface area contributed by atoms with Crippen molar-refractivity contribution in [2.24, 2.45) is 0 Å². The normalized spacial score (nSPS) is 12.4. The molecule has 1 unspecified atom stereocenters. The Morgan fingerprint density at radius 2 is 2.24 bits per heavy atom. The second-order valence-corrected chi connectivity index (χ2v) is 4.95. The summed E-state index contributed by atoms with van der Waals surface area (Å²) in [6.45, 7) is 2.31. The number of rotatable bonds is 5. The highest BCUT2D eigenvalue weighted by molar-refractivity contribution is 5.95. The van der Waals surface area contributed by atoms with Crippen LogP contribution in [0.25, 0.3) is 0 Å². The van der Waals surface area contributed by atoms with E-state index in [4.69, 9.17) is 10.2 Å². The number of benzene rings is 1. The van der Waals surface area contributed by atoms with Crippen LogP contribution in [0.15, 0.2) is 41.2 Å². The minimum atomic E-state index is -0.512. The fraction of sp³-hybridized carbons (Fsp3) is 0.267. The quantitative estimate of drug-likeness (QED) is 0.830. The molecule has 1 amide bonds. The van der Waals surface area contributed by atoms with E-state index >= 15 is 0 Å². The van der Waals surface area contributed by atoms with E-state index in [0.29, 0.717) is 12.2 Å². The van der Waals surface area contributed by atoms with Gasteiger partial charge in [0.05, 0.1) is 24.3 Å². The summed E-state index contributed by atoms with van der Waals surface area (Å²) < 4.78 is 18.6. The second-order valence-electron chi connectivity index (χ2n) is 4.95. The molecule has 21 heavy (non-hydrogen) atoms. The van der Waals surface area contributed by atoms with Crippen LogP contribution in [-0.4, -0.2) is 23.9 Å². The molecule has 0 fully saturated rings. The van der Waals surface area contributed by atoms with Crippen LogP contribution >= 0.6 is 0 Å². The standard InChI is InChI=1S/C15H18FN3O2/c1-10(19(2)8-11-5-6-21-9-11)15(20)18-14-7-12(17)3-4-13(14)16/h3-7,9-10H,8,17H2,1-2H3,(H,18,20). The molecule has 1 heterocycles. The van der Waals surface area contributed by atoms with Crippen molar-refractivity contribution >= 4 is 17.3 Å². The minimum absolute atomic E-state index is 0.0866. The fourth-order valence-corrected chi connectivity index (χ4v) is 1.88. The number of anilines is 2. The smallest absolute Gasteiger partial charge is 0.241 e. The van der Waals surface area contributed by atoms with Gasteiger partial charge >= 0.3 is 0 Å². The molecule has 5 nitrogen and oxygen atoms in total. The summed E-state index contributed by atoms with van der Waals surface area (Å²) in [5.41, 5.74) is 7.04. The van der Waals surface area contributed by atoms with Crippen molar-refractivity contribution in [3.05, 3.63) is 48.2 Å². The van der Waals surface area contributed by atoms with Crippen LogP contribution in [0.1, 0.15) is 12.5 Å². The Bertz CT molecular complexity index is 613. The van der Waals surface area contributed by atoms with E-state index < -0.39 is 11.9 Å². The van der Waals surface area contributed by atoms with Crippen molar-refractivity contribution in [2.45, 2.75) is 19.5 Å². The topological polar surface area (TPSA) is 71.5 Å². The number of halogens is 1. The number of hydrogen-bond donors (Lipinski definition) is 2. The van der Waals surface area contributed by atoms with Gasteiger partial charge in [0.2, 0.25) is 5.91 Å². The van der Waals surface area contributed by atoms with E-state index in [-0.39, 0.29) is 11.6 Å². The molecule has 0 bridgehead atoms. The number of nitrogens with two attached hydrogens (primary N) is 1. The van der Waals surface area contributed by atoms with Crippen molar-refractivity contribution in [1.82, 2.24) is 4.90 Å². The molecule has 0 spiro atoms. The van der Waals surface area contributed by atoms with Gasteiger partial charge in [0.1, 0.15) is 5.82 Å². The minimum Gasteiger partial charge on any atom is -0.472 e. The summed E-state index contributed by atoms with van der Waals surface area (Å²) in [5.74, 6) is -0.812. The van der Waals surface area contributed by atoms with Crippen LogP contribution in [0.4, 0.5) is 15.8 Å². The summed E-state index contributed by atoms with van der Waals surface area (Å²) in [6.07, 6.45) is 3.20. The highest BCUT2D eigenvalue weighted by atomic mass is 19.1. The average molecular weight is 291 g/mol. The predicted molar refractivity (Wildman–Crippen MR) is 79.1 cm³/mol. The third-order valence-corrected chi connectivity index (χ3v) is 3.30. The van der Waals surface area contributed by atoms with Crippen molar-refractivity contribution in [3.8, 4) is 0 Å². The Kier molecular flexibility index (Phi) is 4.59. The van der Waals surface area contributed by atoms with Crippen molar-refractivity contribution in [2.75, 3.05) is 18.1 Å². The maximum absolute atomic E-state index is 13.6. The molecule has 1 atom stereocenters. The van der Waals surface area contributed by atoms with Gasteiger partial charge in [-0.2, -0.15) is 0 Å². The van der Waals surface area contributed by atoms with E-state index in [9.17, 15) is 9.18 Å². The molecule has 0 radical (unpaired) electrons. The molecule has 1 aromatic carbocycles. The Labute approximate surface area is 122 Å². The van der Waals surface area contributed by atoms with Crippen LogP contribution in [0.5, 0.6) is 0 Å². The van der Waals surface area contributed by atoms with E-state index in [1.54, 1.807) is 19.5 Å². The van der Waals surface area contributed by atoms with E-state index in [0.717, 1.165) is 5.56 Å². The van der Waals surface area contributed by atoms with E-state index in [2.05, 4.69) is 5.32 Å². The number of amides is 1. The Balaban J connectivity index is 2.00. The maximum atomic E-state index is 13.6. The van der Waals surface area contributed by atoms with Crippen LogP contribution in [-0.2, 0) is 11.3 Å². The van der Waals surface area contributed by atoms with Gasteiger partial charge in [-0.05, 0) is 38.2 Å². The zero-order chi connectivity index (χ0) is 15.4. The van der Waals surface area contributed by atoms with Gasteiger partial charge in [-0.25, -0.2) is 4.39 Å². The molecule has 0 aliphatic carbocycles. The maximum Gasteiger partial charge on any atom is 0.241 e. The number of nitrogens with zero attached hydrogens (tertiary/aromatic N) is 1. The summed E-state index contributed by atoms with van der Waals surface area (Å²) in [4.78, 5) is 14.0. The molecular weight excluding hydrogens is 273 g/mol. The Hall–Kier alpha value is -2.34. The second kappa shape index (κ2) is 6.41. The van der Waals surface area contributed by atoms with Gasteiger partial charge in [-0.15, -0.1) is 0 Å². The lowest BCUT2D eigenvalue weighted by Gasteiger charge is -2.23. The third-order valence-electron chi connectivity index (χ3n) is 3.30. The lowest BCUT2D eigenvalue weighted by molar-refractivity contribution is -0.120. The highest BCUT2D eigenvalue weighted by Gasteiger charge is 2.19. The zero-order valence-electron chi connectivity index (χ0n) is 12.0. The SMILES string of the molecule is CC(C(=O)Nc1cc(N)ccc1F)N(C)Cc1ccoc1. The molecule has 1 aromatic heterocycles. The van der Waals surface area contributed by atoms with Gasteiger partial charge in [0, 0.05) is 17.8 Å². The van der Waals surface area contributed by atoms with Crippen LogP contribution in [0.3, 0.4) is 0 Å². The summed E-state index contributed by atoms with van der Waals surface area (Å²) in [5, 5.41) is 2.55. The number of carbonyl (C=O) groups excluding carboxylic acids is 1. The Morgan fingerprint density at radius 1 is 1.48 bits per heavy atom. The Morgan fingerprint density at radius 3 is 2.90 bits per heavy atom. The molecule has 0 saturated heterocycles. The molecule has 0 saturated carbocycles. The molecule has 6 heteroatoms. The number of hydrogen-bond acceptors (Lipinski definition) is 4. The number of nitrogen functional groups attached to an aromatic ring is 1. The summed E-state index contributed by atoms with van der Waals surface area (Å²) >= 11 is 0. The van der Waals surface area contributed by atoms with E-state index in [1.807, 2.05) is 18.0 Å². The van der Waals surface area contributed by atoms with Crippen LogP contribution in [0, 0.1) is 5.82 Å². The van der Waals surface area contributed by atoms with Gasteiger partial charge in [0.25, 0.3) is 0 Å². The largest absolute Gasteiger partial charge is 0.472 e. The first-order chi connectivity index (χ1) is 9.97. The van der Waals surface area contributed by atoms with Gasteiger partial charge in [-0.3, -0.25) is 9.69 Å². The summed E-state index contributed by atoms with van der Waals surface area (Å²) in [7, 11) is 1.81. The average Bonchev–Trinajstić information content (AvgIpc) is 2.94. The van der Waals surface area contributed by atoms with Crippen LogP contribution in [0.2, 0.25) is 0 Å². The molecular formula is C15H18FN3O2. The summed E-state index contributed by atoms with van der Waals surface area (Å²) in [6, 6.07) is 5.47. The number of carbonyl (C=O) groups is 1. The van der Waals surface area contributed by atoms with Crippen LogP contribution < -0.4 is 11.1 Å². The zero-order valence-corrected chi connectivity index (χ0v) is 12.0. The van der Waals surface area contributed by atoms with Crippen molar-refractivity contribution < 1.29 is 13.6 Å². The molecule has 2 rings (SSSR count). The molecule has 112 valence electrons. The first-order valence-corrected chi connectivity index (χ1v) is 6.54. The third kappa shape index (κ3) is 3.82. The fourth-order valence-electron chi connectivity index (χ4n) is 1.88. The lowest BCUT2D eigenvalue weighted by Crippen LogP contribution is -2.39. The highest BCUT2D eigenvalue weighted by Crippen LogP contribution is 2.18. The molecule has 3 N–H and O–H groups in total. The molecule has 0 aliphatic heterocycles. The number of likely N-dealkylation sites (N-methyl/N-ethyl adjacent to an activating group) is 1. The van der Waals surface area contributed by atoms with Crippen molar-refractivity contribution in [1.29, 1.82) is 0 Å².